The van der Waals surface area contributed by atoms with Gasteiger partial charge in [0.25, 0.3) is 0 Å². The molecule has 3 nitrogen and oxygen atoms in total. The van der Waals surface area contributed by atoms with Crippen LogP contribution >= 0.6 is 11.6 Å². The third-order valence-electron chi connectivity index (χ3n) is 3.03. The van der Waals surface area contributed by atoms with Crippen LogP contribution in [0.1, 0.15) is 19.8 Å². The van der Waals surface area contributed by atoms with Gasteiger partial charge in [-0.25, -0.2) is 0 Å². The Hall–Kier alpha value is -0.300. The highest BCUT2D eigenvalue weighted by Gasteiger charge is 2.23. The number of alkyl halides is 1. The van der Waals surface area contributed by atoms with Crippen molar-refractivity contribution in [3.8, 4) is 6.07 Å². The maximum Gasteiger partial charge on any atom is 0.133 e. The molecule has 15 heavy (non-hydrogen) atoms. The number of nitrogens with zero attached hydrogens (tertiary/aromatic N) is 3. The van der Waals surface area contributed by atoms with Crippen molar-refractivity contribution in [2.24, 2.45) is 0 Å². The predicted molar refractivity (Wildman–Crippen MR) is 63.0 cm³/mol. The fourth-order valence-corrected chi connectivity index (χ4v) is 2.34. The number of rotatable bonds is 3. The first-order chi connectivity index (χ1) is 7.17. The summed E-state index contributed by atoms with van der Waals surface area (Å²) in [5.74, 6) is 0. The molecule has 1 aliphatic rings. The number of nitriles is 1. The summed E-state index contributed by atoms with van der Waals surface area (Å²) >= 11 is 5.89. The van der Waals surface area contributed by atoms with Gasteiger partial charge in [-0.05, 0) is 33.0 Å². The molecule has 86 valence electrons. The standard InChI is InChI=1S/C11H20ClN3/c1-3-11-9-14(2)5-4-6-15(11)8-10(12)7-13/h10-11H,3-6,8-9H2,1-2H3. The summed E-state index contributed by atoms with van der Waals surface area (Å²) in [7, 11) is 2.16. The van der Waals surface area contributed by atoms with Crippen molar-refractivity contribution in [1.82, 2.24) is 9.80 Å². The fourth-order valence-electron chi connectivity index (χ4n) is 2.17. The highest BCUT2D eigenvalue weighted by atomic mass is 35.5. The lowest BCUT2D eigenvalue weighted by molar-refractivity contribution is 0.188. The molecule has 0 radical (unpaired) electrons. The zero-order valence-electron chi connectivity index (χ0n) is 9.62. The second-order valence-corrected chi connectivity index (χ2v) is 4.80. The molecule has 0 amide bonds. The van der Waals surface area contributed by atoms with Gasteiger partial charge in [0.15, 0.2) is 0 Å². The summed E-state index contributed by atoms with van der Waals surface area (Å²) in [6.45, 7) is 6.20. The first-order valence-electron chi connectivity index (χ1n) is 5.63. The summed E-state index contributed by atoms with van der Waals surface area (Å²) in [6, 6.07) is 2.65. The number of hydrogen-bond acceptors (Lipinski definition) is 3. The molecule has 0 saturated carbocycles. The van der Waals surface area contributed by atoms with E-state index in [2.05, 4.69) is 29.8 Å². The van der Waals surface area contributed by atoms with E-state index in [0.29, 0.717) is 12.6 Å². The van der Waals surface area contributed by atoms with Crippen molar-refractivity contribution in [2.75, 3.05) is 33.2 Å². The molecule has 0 aromatic heterocycles. The molecule has 0 spiro atoms. The van der Waals surface area contributed by atoms with Gasteiger partial charge >= 0.3 is 0 Å². The quantitative estimate of drug-likeness (QED) is 0.688. The highest BCUT2D eigenvalue weighted by Crippen LogP contribution is 2.13. The molecule has 0 aliphatic carbocycles. The molecule has 1 aliphatic heterocycles. The Morgan fingerprint density at radius 1 is 1.53 bits per heavy atom. The molecule has 1 saturated heterocycles. The number of likely N-dealkylation sites (N-methyl/N-ethyl adjacent to an activating group) is 1. The molecule has 2 unspecified atom stereocenters. The third-order valence-corrected chi connectivity index (χ3v) is 3.27. The number of halogens is 1. The van der Waals surface area contributed by atoms with Gasteiger partial charge in [-0.1, -0.05) is 6.92 Å². The Morgan fingerprint density at radius 2 is 2.27 bits per heavy atom. The Labute approximate surface area is 97.6 Å². The molecule has 0 aromatic rings. The monoisotopic (exact) mass is 229 g/mol. The summed E-state index contributed by atoms with van der Waals surface area (Å²) in [5, 5.41) is 8.35. The molecule has 1 fully saturated rings. The van der Waals surface area contributed by atoms with E-state index in [4.69, 9.17) is 16.9 Å². The van der Waals surface area contributed by atoms with Crippen LogP contribution in [0.15, 0.2) is 0 Å². The molecule has 0 N–H and O–H groups in total. The molecule has 0 bridgehead atoms. The van der Waals surface area contributed by atoms with Crippen LogP contribution in [0, 0.1) is 11.3 Å². The van der Waals surface area contributed by atoms with Crippen LogP contribution in [-0.2, 0) is 0 Å². The van der Waals surface area contributed by atoms with E-state index in [1.807, 2.05) is 0 Å². The van der Waals surface area contributed by atoms with Gasteiger partial charge in [-0.2, -0.15) is 5.26 Å². The lowest BCUT2D eigenvalue weighted by Gasteiger charge is -2.30. The average molecular weight is 230 g/mol. The van der Waals surface area contributed by atoms with E-state index in [9.17, 15) is 0 Å². The maximum absolute atomic E-state index is 8.73. The van der Waals surface area contributed by atoms with Crippen LogP contribution in [0.5, 0.6) is 0 Å². The van der Waals surface area contributed by atoms with Crippen LogP contribution in [0.3, 0.4) is 0 Å². The molecule has 0 aromatic carbocycles. The van der Waals surface area contributed by atoms with Crippen molar-refractivity contribution in [3.63, 3.8) is 0 Å². The average Bonchev–Trinajstić information content (AvgIpc) is 2.40. The van der Waals surface area contributed by atoms with Crippen LogP contribution in [0.25, 0.3) is 0 Å². The Kier molecular flexibility index (Phi) is 5.38. The first-order valence-corrected chi connectivity index (χ1v) is 6.07. The summed E-state index contributed by atoms with van der Waals surface area (Å²) in [6.07, 6.45) is 2.29. The van der Waals surface area contributed by atoms with Crippen molar-refractivity contribution in [1.29, 1.82) is 5.26 Å². The third kappa shape index (κ3) is 3.98. The van der Waals surface area contributed by atoms with Gasteiger partial charge in [0.05, 0.1) is 6.07 Å². The first kappa shape index (κ1) is 12.8. The minimum absolute atomic E-state index is 0.373. The normalized spacial score (nSPS) is 26.9. The summed E-state index contributed by atoms with van der Waals surface area (Å²) in [5.41, 5.74) is 0. The summed E-state index contributed by atoms with van der Waals surface area (Å²) in [4.78, 5) is 4.73. The zero-order valence-corrected chi connectivity index (χ0v) is 10.4. The second kappa shape index (κ2) is 6.32. The van der Waals surface area contributed by atoms with Crippen molar-refractivity contribution in [2.45, 2.75) is 31.2 Å². The topological polar surface area (TPSA) is 30.3 Å². The fraction of sp³-hybridized carbons (Fsp3) is 0.909. The van der Waals surface area contributed by atoms with Crippen molar-refractivity contribution < 1.29 is 0 Å². The van der Waals surface area contributed by atoms with E-state index in [-0.39, 0.29) is 5.38 Å². The van der Waals surface area contributed by atoms with Crippen LogP contribution < -0.4 is 0 Å². The van der Waals surface area contributed by atoms with E-state index in [1.165, 1.54) is 6.42 Å². The predicted octanol–water partition coefficient (Wildman–Crippen LogP) is 1.53. The summed E-state index contributed by atoms with van der Waals surface area (Å²) < 4.78 is 0. The zero-order chi connectivity index (χ0) is 11.3. The van der Waals surface area contributed by atoms with Gasteiger partial charge in [-0.3, -0.25) is 4.90 Å². The van der Waals surface area contributed by atoms with Gasteiger partial charge in [0, 0.05) is 19.1 Å². The van der Waals surface area contributed by atoms with Gasteiger partial charge in [-0.15, -0.1) is 11.6 Å². The number of hydrogen-bond donors (Lipinski definition) is 0. The van der Waals surface area contributed by atoms with Gasteiger partial charge < -0.3 is 4.90 Å². The molecule has 2 atom stereocenters. The Morgan fingerprint density at radius 3 is 2.87 bits per heavy atom. The van der Waals surface area contributed by atoms with Crippen LogP contribution in [0.2, 0.25) is 0 Å². The van der Waals surface area contributed by atoms with E-state index in [0.717, 1.165) is 26.1 Å². The molecular formula is C11H20ClN3. The van der Waals surface area contributed by atoms with Crippen molar-refractivity contribution >= 4 is 11.6 Å². The van der Waals surface area contributed by atoms with Crippen LogP contribution in [-0.4, -0.2) is 54.4 Å². The molecular weight excluding hydrogens is 210 g/mol. The van der Waals surface area contributed by atoms with E-state index in [1.54, 1.807) is 0 Å². The maximum atomic E-state index is 8.73. The Bertz CT molecular complexity index is 226. The molecule has 1 rings (SSSR count). The highest BCUT2D eigenvalue weighted by molar-refractivity contribution is 6.22. The van der Waals surface area contributed by atoms with Crippen molar-refractivity contribution in [3.05, 3.63) is 0 Å². The minimum Gasteiger partial charge on any atom is -0.305 e. The smallest absolute Gasteiger partial charge is 0.133 e. The molecule has 4 heteroatoms. The van der Waals surface area contributed by atoms with Gasteiger partial charge in [0.1, 0.15) is 5.38 Å². The Balaban J connectivity index is 2.55. The molecule has 1 heterocycles. The van der Waals surface area contributed by atoms with Gasteiger partial charge in [0.2, 0.25) is 0 Å². The van der Waals surface area contributed by atoms with E-state index < -0.39 is 0 Å². The van der Waals surface area contributed by atoms with Crippen LogP contribution in [0.4, 0.5) is 0 Å². The lowest BCUT2D eigenvalue weighted by atomic mass is 10.2. The van der Waals surface area contributed by atoms with E-state index >= 15 is 0 Å². The minimum atomic E-state index is -0.373. The SMILES string of the molecule is CCC1CN(C)CCCN1CC(Cl)C#N. The lowest BCUT2D eigenvalue weighted by Crippen LogP contribution is -2.42. The largest absolute Gasteiger partial charge is 0.305 e. The second-order valence-electron chi connectivity index (χ2n) is 4.27.